The summed E-state index contributed by atoms with van der Waals surface area (Å²) in [5.41, 5.74) is 2.57. The van der Waals surface area contributed by atoms with E-state index in [1.807, 2.05) is 12.1 Å². The predicted molar refractivity (Wildman–Crippen MR) is 92.4 cm³/mol. The van der Waals surface area contributed by atoms with Crippen molar-refractivity contribution < 1.29 is 10.0 Å². The number of aryl methyl sites for hydroxylation is 1. The van der Waals surface area contributed by atoms with Gasteiger partial charge >= 0.3 is 0 Å². The van der Waals surface area contributed by atoms with Crippen LogP contribution in [0, 0.1) is 10.1 Å². The molecule has 0 unspecified atom stereocenters. The van der Waals surface area contributed by atoms with Gasteiger partial charge in [0.1, 0.15) is 11.4 Å². The first-order chi connectivity index (χ1) is 11.1. The van der Waals surface area contributed by atoms with Crippen LogP contribution in [0.3, 0.4) is 0 Å². The first-order valence-corrected chi connectivity index (χ1v) is 7.37. The molecule has 0 spiro atoms. The van der Waals surface area contributed by atoms with Crippen LogP contribution in [0.25, 0.3) is 6.08 Å². The van der Waals surface area contributed by atoms with Crippen molar-refractivity contribution in [2.45, 2.75) is 19.8 Å². The molecule has 5 heteroatoms. The predicted octanol–water partition coefficient (Wildman–Crippen LogP) is 4.67. The van der Waals surface area contributed by atoms with E-state index in [0.717, 1.165) is 24.0 Å². The number of benzene rings is 2. The molecule has 0 atom stereocenters. The molecule has 0 bridgehead atoms. The average Bonchev–Trinajstić information content (AvgIpc) is 2.55. The molecule has 0 aliphatic rings. The molecular formula is C18H18N2O3. The van der Waals surface area contributed by atoms with Crippen molar-refractivity contribution in [1.82, 2.24) is 0 Å². The van der Waals surface area contributed by atoms with Gasteiger partial charge in [0.25, 0.3) is 5.69 Å². The van der Waals surface area contributed by atoms with Gasteiger partial charge in [0, 0.05) is 18.3 Å². The van der Waals surface area contributed by atoms with Crippen LogP contribution in [0.2, 0.25) is 0 Å². The number of hydrogen-bond acceptors (Lipinski definition) is 4. The molecule has 1 N–H and O–H groups in total. The Labute approximate surface area is 134 Å². The molecule has 0 aromatic heterocycles. The Hall–Kier alpha value is -2.95. The van der Waals surface area contributed by atoms with E-state index in [4.69, 9.17) is 0 Å². The van der Waals surface area contributed by atoms with Crippen LogP contribution in [-0.4, -0.2) is 16.2 Å². The van der Waals surface area contributed by atoms with Crippen LogP contribution >= 0.6 is 0 Å². The zero-order valence-corrected chi connectivity index (χ0v) is 12.8. The van der Waals surface area contributed by atoms with Gasteiger partial charge in [-0.3, -0.25) is 15.1 Å². The Morgan fingerprint density at radius 1 is 1.22 bits per heavy atom. The summed E-state index contributed by atoms with van der Waals surface area (Å²) in [5, 5.41) is 20.4. The normalized spacial score (nSPS) is 11.3. The molecule has 5 nitrogen and oxygen atoms in total. The zero-order chi connectivity index (χ0) is 16.7. The molecule has 0 amide bonds. The highest BCUT2D eigenvalue weighted by molar-refractivity contribution is 5.81. The lowest BCUT2D eigenvalue weighted by atomic mass is 10.1. The molecule has 2 aromatic rings. The van der Waals surface area contributed by atoms with Gasteiger partial charge in [0.05, 0.1) is 4.92 Å². The second-order valence-electron chi connectivity index (χ2n) is 5.06. The summed E-state index contributed by atoms with van der Waals surface area (Å²) in [6, 6.07) is 11.7. The Morgan fingerprint density at radius 2 is 1.96 bits per heavy atom. The minimum atomic E-state index is -0.430. The van der Waals surface area contributed by atoms with E-state index in [0.29, 0.717) is 5.69 Å². The Kier molecular flexibility index (Phi) is 5.63. The van der Waals surface area contributed by atoms with Crippen LogP contribution in [0.15, 0.2) is 53.5 Å². The summed E-state index contributed by atoms with van der Waals surface area (Å²) in [6.45, 7) is 2.10. The number of nitro benzene ring substituents is 1. The third-order valence-electron chi connectivity index (χ3n) is 3.27. The Balaban J connectivity index is 2.06. The molecule has 0 heterocycles. The maximum Gasteiger partial charge on any atom is 0.269 e. The largest absolute Gasteiger partial charge is 0.506 e. The van der Waals surface area contributed by atoms with Crippen molar-refractivity contribution in [3.63, 3.8) is 0 Å². The molecule has 0 fully saturated rings. The highest BCUT2D eigenvalue weighted by Crippen LogP contribution is 2.27. The lowest BCUT2D eigenvalue weighted by molar-refractivity contribution is -0.384. The fourth-order valence-electron chi connectivity index (χ4n) is 2.10. The number of nitrogens with zero attached hydrogens (tertiary/aromatic N) is 2. The molecule has 0 aliphatic heterocycles. The second-order valence-corrected chi connectivity index (χ2v) is 5.06. The summed E-state index contributed by atoms with van der Waals surface area (Å²) in [4.78, 5) is 14.4. The van der Waals surface area contributed by atoms with Gasteiger partial charge in [0.2, 0.25) is 0 Å². The van der Waals surface area contributed by atoms with Gasteiger partial charge in [-0.1, -0.05) is 25.5 Å². The molecule has 0 saturated heterocycles. The number of non-ortho nitro benzene ring substituents is 1. The van der Waals surface area contributed by atoms with Gasteiger partial charge < -0.3 is 5.11 Å². The molecular weight excluding hydrogens is 292 g/mol. The van der Waals surface area contributed by atoms with Gasteiger partial charge in [-0.15, -0.1) is 0 Å². The van der Waals surface area contributed by atoms with E-state index in [1.165, 1.54) is 12.1 Å². The number of phenolic OH excluding ortho intramolecular Hbond substituents is 1. The monoisotopic (exact) mass is 310 g/mol. The van der Waals surface area contributed by atoms with Crippen LogP contribution in [0.5, 0.6) is 5.75 Å². The van der Waals surface area contributed by atoms with Crippen LogP contribution < -0.4 is 0 Å². The van der Waals surface area contributed by atoms with Crippen LogP contribution in [0.1, 0.15) is 24.5 Å². The van der Waals surface area contributed by atoms with E-state index in [-0.39, 0.29) is 11.4 Å². The summed E-state index contributed by atoms with van der Waals surface area (Å²) in [6.07, 6.45) is 7.09. The van der Waals surface area contributed by atoms with E-state index in [9.17, 15) is 15.2 Å². The van der Waals surface area contributed by atoms with Crippen LogP contribution in [-0.2, 0) is 6.42 Å². The highest BCUT2D eigenvalue weighted by Gasteiger charge is 2.02. The quantitative estimate of drug-likeness (QED) is 0.478. The highest BCUT2D eigenvalue weighted by atomic mass is 16.6. The van der Waals surface area contributed by atoms with Crippen molar-refractivity contribution in [2.75, 3.05) is 0 Å². The summed E-state index contributed by atoms with van der Waals surface area (Å²) in [5.74, 6) is 0.143. The first kappa shape index (κ1) is 16.4. The molecule has 0 saturated carbocycles. The number of hydrogen-bond donors (Lipinski definition) is 1. The minimum Gasteiger partial charge on any atom is -0.506 e. The number of nitro groups is 1. The minimum absolute atomic E-state index is 0.0634. The number of phenols is 1. The smallest absolute Gasteiger partial charge is 0.269 e. The first-order valence-electron chi connectivity index (χ1n) is 7.37. The lowest BCUT2D eigenvalue weighted by Crippen LogP contribution is -1.86. The van der Waals surface area contributed by atoms with E-state index < -0.39 is 4.92 Å². The fourth-order valence-corrected chi connectivity index (χ4v) is 2.10. The summed E-state index contributed by atoms with van der Waals surface area (Å²) >= 11 is 0. The lowest BCUT2D eigenvalue weighted by Gasteiger charge is -2.02. The number of aromatic hydroxyl groups is 1. The van der Waals surface area contributed by atoms with Crippen molar-refractivity contribution in [1.29, 1.82) is 0 Å². The van der Waals surface area contributed by atoms with Crippen LogP contribution in [0.4, 0.5) is 11.4 Å². The van der Waals surface area contributed by atoms with Crippen molar-refractivity contribution in [3.05, 3.63) is 69.8 Å². The molecule has 2 aromatic carbocycles. The van der Waals surface area contributed by atoms with Gasteiger partial charge in [0.15, 0.2) is 0 Å². The topological polar surface area (TPSA) is 75.7 Å². The van der Waals surface area contributed by atoms with Crippen molar-refractivity contribution >= 4 is 23.7 Å². The maximum absolute atomic E-state index is 10.6. The van der Waals surface area contributed by atoms with Gasteiger partial charge in [-0.25, -0.2) is 0 Å². The Morgan fingerprint density at radius 3 is 2.61 bits per heavy atom. The molecule has 118 valence electrons. The van der Waals surface area contributed by atoms with Crippen molar-refractivity contribution in [2.24, 2.45) is 4.99 Å². The fraction of sp³-hybridized carbons (Fsp3) is 0.167. The average molecular weight is 310 g/mol. The standard InChI is InChI=1S/C18H18N2O3/c1-2-4-15-8-11-18(21)17(13-15)19-12-3-5-14-6-9-16(10-7-14)20(22)23/h3,5-13,21H,2,4H2,1H3. The number of allylic oxidation sites excluding steroid dienone is 1. The summed E-state index contributed by atoms with van der Waals surface area (Å²) in [7, 11) is 0. The summed E-state index contributed by atoms with van der Waals surface area (Å²) < 4.78 is 0. The van der Waals surface area contributed by atoms with E-state index in [2.05, 4.69) is 11.9 Å². The Bertz CT molecular complexity index is 734. The SMILES string of the molecule is CCCc1ccc(O)c(N=CC=Cc2ccc([N+](=O)[O-])cc2)c1. The molecule has 0 aliphatic carbocycles. The van der Waals surface area contributed by atoms with Crippen molar-refractivity contribution in [3.8, 4) is 5.75 Å². The van der Waals surface area contributed by atoms with Gasteiger partial charge in [-0.2, -0.15) is 0 Å². The van der Waals surface area contributed by atoms with E-state index >= 15 is 0 Å². The molecule has 0 radical (unpaired) electrons. The third-order valence-corrected chi connectivity index (χ3v) is 3.27. The van der Waals surface area contributed by atoms with Gasteiger partial charge in [-0.05, 0) is 47.9 Å². The zero-order valence-electron chi connectivity index (χ0n) is 12.8. The molecule has 23 heavy (non-hydrogen) atoms. The second kappa shape index (κ2) is 7.89. The molecule has 2 rings (SSSR count). The number of rotatable bonds is 6. The number of aliphatic imine (C=N–C) groups is 1. The third kappa shape index (κ3) is 4.78. The van der Waals surface area contributed by atoms with E-state index in [1.54, 1.807) is 36.6 Å². The maximum atomic E-state index is 10.6.